The number of hydrogen-bond donors (Lipinski definition) is 1. The zero-order valence-electron chi connectivity index (χ0n) is 12.2. The van der Waals surface area contributed by atoms with Gasteiger partial charge < -0.3 is 15.0 Å². The first-order valence-corrected chi connectivity index (χ1v) is 6.32. The monoisotopic (exact) mass is 259 g/mol. The van der Waals surface area contributed by atoms with Gasteiger partial charge in [-0.05, 0) is 30.0 Å². The number of methoxy groups -OCH3 is 1. The molecule has 0 atom stereocenters. The highest BCUT2D eigenvalue weighted by Gasteiger charge is 2.19. The summed E-state index contributed by atoms with van der Waals surface area (Å²) in [6, 6.07) is 4.09. The van der Waals surface area contributed by atoms with Crippen molar-refractivity contribution in [1.82, 2.24) is 9.55 Å². The molecule has 0 aliphatic heterocycles. The predicted octanol–water partition coefficient (Wildman–Crippen LogP) is 3.07. The number of aryl methyl sites for hydroxylation is 1. The van der Waals surface area contributed by atoms with Crippen LogP contribution in [0.2, 0.25) is 0 Å². The van der Waals surface area contributed by atoms with Gasteiger partial charge >= 0.3 is 0 Å². The summed E-state index contributed by atoms with van der Waals surface area (Å²) in [7, 11) is 1.63. The summed E-state index contributed by atoms with van der Waals surface area (Å²) < 4.78 is 7.38. The topological polar surface area (TPSA) is 53.1 Å². The average molecular weight is 259 g/mol. The lowest BCUT2D eigenvalue weighted by atomic mass is 9.86. The van der Waals surface area contributed by atoms with Crippen LogP contribution in [0, 0.1) is 6.92 Å². The maximum atomic E-state index is 6.11. The number of anilines is 1. The van der Waals surface area contributed by atoms with Gasteiger partial charge in [0.2, 0.25) is 0 Å². The second-order valence-corrected chi connectivity index (χ2v) is 5.79. The standard InChI is InChI=1S/C15H21N3O/c1-10-8-18(9-17-10)13-7-11(15(2,3)4)6-12(16)14(13)19-5/h6-9H,16H2,1-5H3. The van der Waals surface area contributed by atoms with E-state index in [0.29, 0.717) is 11.4 Å². The fourth-order valence-electron chi connectivity index (χ4n) is 2.04. The van der Waals surface area contributed by atoms with Crippen molar-refractivity contribution in [3.8, 4) is 11.4 Å². The van der Waals surface area contributed by atoms with Crippen LogP contribution in [0.3, 0.4) is 0 Å². The Labute approximate surface area is 114 Å². The average Bonchev–Trinajstić information content (AvgIpc) is 2.73. The van der Waals surface area contributed by atoms with E-state index in [1.54, 1.807) is 13.4 Å². The van der Waals surface area contributed by atoms with Gasteiger partial charge in [0.05, 0.1) is 30.5 Å². The quantitative estimate of drug-likeness (QED) is 0.843. The fraction of sp³-hybridized carbons (Fsp3) is 0.400. The molecule has 0 aliphatic carbocycles. The van der Waals surface area contributed by atoms with Crippen molar-refractivity contribution in [3.05, 3.63) is 35.9 Å². The van der Waals surface area contributed by atoms with Crippen LogP contribution < -0.4 is 10.5 Å². The summed E-state index contributed by atoms with van der Waals surface area (Å²) in [4.78, 5) is 4.26. The number of nitrogens with two attached hydrogens (primary N) is 1. The highest BCUT2D eigenvalue weighted by molar-refractivity contribution is 5.66. The highest BCUT2D eigenvalue weighted by Crippen LogP contribution is 2.35. The molecular formula is C15H21N3O. The lowest BCUT2D eigenvalue weighted by Crippen LogP contribution is -2.13. The van der Waals surface area contributed by atoms with E-state index < -0.39 is 0 Å². The molecule has 2 aromatic rings. The van der Waals surface area contributed by atoms with Crippen molar-refractivity contribution in [1.29, 1.82) is 0 Å². The maximum Gasteiger partial charge on any atom is 0.165 e. The number of ether oxygens (including phenoxy) is 1. The smallest absolute Gasteiger partial charge is 0.165 e. The van der Waals surface area contributed by atoms with Crippen LogP contribution >= 0.6 is 0 Å². The molecule has 0 radical (unpaired) electrons. The summed E-state index contributed by atoms with van der Waals surface area (Å²) >= 11 is 0. The van der Waals surface area contributed by atoms with E-state index in [4.69, 9.17) is 10.5 Å². The first-order chi connectivity index (χ1) is 8.82. The van der Waals surface area contributed by atoms with Gasteiger partial charge in [-0.15, -0.1) is 0 Å². The Kier molecular flexibility index (Phi) is 3.27. The lowest BCUT2D eigenvalue weighted by molar-refractivity contribution is 0.414. The SMILES string of the molecule is COc1c(N)cc(C(C)(C)C)cc1-n1cnc(C)c1. The van der Waals surface area contributed by atoms with Gasteiger partial charge in [0.25, 0.3) is 0 Å². The van der Waals surface area contributed by atoms with Gasteiger partial charge in [-0.25, -0.2) is 4.98 Å². The van der Waals surface area contributed by atoms with E-state index in [1.165, 1.54) is 5.56 Å². The van der Waals surface area contributed by atoms with Crippen LogP contribution in [0.5, 0.6) is 5.75 Å². The number of rotatable bonds is 2. The molecule has 2 rings (SSSR count). The van der Waals surface area contributed by atoms with Crippen molar-refractivity contribution < 1.29 is 4.74 Å². The molecule has 1 aromatic heterocycles. The Morgan fingerprint density at radius 3 is 2.42 bits per heavy atom. The molecule has 0 amide bonds. The van der Waals surface area contributed by atoms with Gasteiger partial charge in [0, 0.05) is 6.20 Å². The molecule has 0 saturated heterocycles. The Bertz CT molecular complexity index is 594. The number of benzene rings is 1. The van der Waals surface area contributed by atoms with Gasteiger partial charge in [-0.3, -0.25) is 0 Å². The van der Waals surface area contributed by atoms with E-state index >= 15 is 0 Å². The summed E-state index contributed by atoms with van der Waals surface area (Å²) in [5.74, 6) is 0.686. The number of nitrogens with zero attached hydrogens (tertiary/aromatic N) is 2. The Morgan fingerprint density at radius 1 is 1.26 bits per heavy atom. The molecule has 0 saturated carbocycles. The molecule has 1 heterocycles. The second kappa shape index (κ2) is 4.61. The minimum Gasteiger partial charge on any atom is -0.492 e. The predicted molar refractivity (Wildman–Crippen MR) is 78.0 cm³/mol. The summed E-state index contributed by atoms with van der Waals surface area (Å²) in [6.45, 7) is 8.45. The second-order valence-electron chi connectivity index (χ2n) is 5.79. The van der Waals surface area contributed by atoms with Gasteiger partial charge in [-0.2, -0.15) is 0 Å². The van der Waals surface area contributed by atoms with Gasteiger partial charge in [0.15, 0.2) is 5.75 Å². The lowest BCUT2D eigenvalue weighted by Gasteiger charge is -2.22. The third-order valence-corrected chi connectivity index (χ3v) is 3.16. The third-order valence-electron chi connectivity index (χ3n) is 3.16. The number of imidazole rings is 1. The van der Waals surface area contributed by atoms with E-state index in [2.05, 4.69) is 31.8 Å². The van der Waals surface area contributed by atoms with E-state index in [-0.39, 0.29) is 5.41 Å². The van der Waals surface area contributed by atoms with E-state index in [1.807, 2.05) is 23.8 Å². The largest absolute Gasteiger partial charge is 0.492 e. The molecule has 0 bridgehead atoms. The van der Waals surface area contributed by atoms with Crippen LogP contribution in [-0.4, -0.2) is 16.7 Å². The third kappa shape index (κ3) is 2.57. The minimum absolute atomic E-state index is 0.0325. The van der Waals surface area contributed by atoms with Crippen molar-refractivity contribution in [2.75, 3.05) is 12.8 Å². The molecule has 0 aliphatic rings. The van der Waals surface area contributed by atoms with Crippen molar-refractivity contribution in [3.63, 3.8) is 0 Å². The zero-order chi connectivity index (χ0) is 14.2. The molecule has 4 heteroatoms. The summed E-state index contributed by atoms with van der Waals surface area (Å²) in [5.41, 5.74) is 9.85. The molecule has 102 valence electrons. The maximum absolute atomic E-state index is 6.11. The number of aromatic nitrogens is 2. The molecule has 0 unspecified atom stereocenters. The van der Waals surface area contributed by atoms with E-state index in [9.17, 15) is 0 Å². The van der Waals surface area contributed by atoms with Crippen LogP contribution in [0.1, 0.15) is 32.0 Å². The molecule has 2 N–H and O–H groups in total. The Balaban J connectivity index is 2.66. The normalized spacial score (nSPS) is 11.6. The van der Waals surface area contributed by atoms with Crippen molar-refractivity contribution in [2.45, 2.75) is 33.1 Å². The van der Waals surface area contributed by atoms with Crippen molar-refractivity contribution >= 4 is 5.69 Å². The van der Waals surface area contributed by atoms with Crippen molar-refractivity contribution in [2.24, 2.45) is 0 Å². The fourth-order valence-corrected chi connectivity index (χ4v) is 2.04. The molecule has 0 spiro atoms. The first-order valence-electron chi connectivity index (χ1n) is 6.32. The number of hydrogen-bond acceptors (Lipinski definition) is 3. The Hall–Kier alpha value is -1.97. The zero-order valence-corrected chi connectivity index (χ0v) is 12.2. The van der Waals surface area contributed by atoms with Crippen LogP contribution in [0.4, 0.5) is 5.69 Å². The molecule has 4 nitrogen and oxygen atoms in total. The molecule has 1 aromatic carbocycles. The summed E-state index contributed by atoms with van der Waals surface area (Å²) in [5, 5.41) is 0. The van der Waals surface area contributed by atoms with E-state index in [0.717, 1.165) is 11.4 Å². The first kappa shape index (κ1) is 13.5. The Morgan fingerprint density at radius 2 is 1.95 bits per heavy atom. The molecule has 0 fully saturated rings. The highest BCUT2D eigenvalue weighted by atomic mass is 16.5. The van der Waals surface area contributed by atoms with Crippen LogP contribution in [-0.2, 0) is 5.41 Å². The number of nitrogen functional groups attached to an aromatic ring is 1. The van der Waals surface area contributed by atoms with Gasteiger partial charge in [0.1, 0.15) is 0 Å². The molecular weight excluding hydrogens is 238 g/mol. The molecule has 19 heavy (non-hydrogen) atoms. The minimum atomic E-state index is 0.0325. The summed E-state index contributed by atoms with van der Waals surface area (Å²) in [6.07, 6.45) is 3.74. The van der Waals surface area contributed by atoms with Crippen LogP contribution in [0.25, 0.3) is 5.69 Å². The van der Waals surface area contributed by atoms with Crippen LogP contribution in [0.15, 0.2) is 24.7 Å². The van der Waals surface area contributed by atoms with Gasteiger partial charge in [-0.1, -0.05) is 20.8 Å².